The third kappa shape index (κ3) is 6.22. The molecule has 1 amide bonds. The third-order valence-corrected chi connectivity index (χ3v) is 5.20. The summed E-state index contributed by atoms with van der Waals surface area (Å²) >= 11 is 3.29. The number of aryl methyl sites for hydroxylation is 1. The van der Waals surface area contributed by atoms with Crippen LogP contribution in [0.15, 0.2) is 52.0 Å². The van der Waals surface area contributed by atoms with Gasteiger partial charge in [-0.05, 0) is 30.7 Å². The van der Waals surface area contributed by atoms with E-state index in [1.807, 2.05) is 0 Å². The first-order valence-electron chi connectivity index (χ1n) is 9.27. The van der Waals surface area contributed by atoms with Gasteiger partial charge in [0, 0.05) is 42.8 Å². The average molecular weight is 447 g/mol. The van der Waals surface area contributed by atoms with Gasteiger partial charge in [0.25, 0.3) is 5.91 Å². The summed E-state index contributed by atoms with van der Waals surface area (Å²) in [4.78, 5) is 16.6. The maximum atomic E-state index is 13.6. The summed E-state index contributed by atoms with van der Waals surface area (Å²) in [7, 11) is 0. The summed E-state index contributed by atoms with van der Waals surface area (Å²) in [5.74, 6) is -0.579. The highest BCUT2D eigenvalue weighted by molar-refractivity contribution is 9.10. The number of rotatable bonds is 6. The van der Waals surface area contributed by atoms with Gasteiger partial charge in [-0.25, -0.2) is 9.82 Å². The quantitative estimate of drug-likeness (QED) is 0.547. The van der Waals surface area contributed by atoms with Crippen LogP contribution in [0.25, 0.3) is 0 Å². The number of carbonyl (C=O) groups is 1. The number of halogens is 2. The van der Waals surface area contributed by atoms with Gasteiger partial charge in [-0.1, -0.05) is 45.8 Å². The Morgan fingerprint density at radius 3 is 2.54 bits per heavy atom. The minimum atomic E-state index is -0.383. The maximum absolute atomic E-state index is 13.6. The van der Waals surface area contributed by atoms with Crippen molar-refractivity contribution in [2.24, 2.45) is 5.10 Å². The second-order valence-electron chi connectivity index (χ2n) is 7.00. The van der Waals surface area contributed by atoms with Crippen molar-refractivity contribution in [2.45, 2.75) is 13.5 Å². The molecule has 1 N–H and O–H groups in total. The molecule has 0 atom stereocenters. The molecular weight excluding hydrogens is 423 g/mol. The predicted molar refractivity (Wildman–Crippen MR) is 113 cm³/mol. The normalized spacial score (nSPS) is 15.8. The molecule has 7 heteroatoms. The van der Waals surface area contributed by atoms with Crippen LogP contribution in [0.3, 0.4) is 0 Å². The molecule has 0 spiro atoms. The number of nitrogens with one attached hydrogen (secondary N) is 1. The van der Waals surface area contributed by atoms with Gasteiger partial charge in [0.1, 0.15) is 5.82 Å². The van der Waals surface area contributed by atoms with Crippen LogP contribution in [-0.4, -0.2) is 54.6 Å². The summed E-state index contributed by atoms with van der Waals surface area (Å²) < 4.78 is 14.4. The van der Waals surface area contributed by atoms with Gasteiger partial charge in [-0.3, -0.25) is 14.6 Å². The van der Waals surface area contributed by atoms with E-state index >= 15 is 0 Å². The predicted octanol–water partition coefficient (Wildman–Crippen LogP) is 3.16. The minimum Gasteiger partial charge on any atom is -0.297 e. The number of hydrogen-bond donors (Lipinski definition) is 1. The van der Waals surface area contributed by atoms with E-state index in [0.29, 0.717) is 5.56 Å². The number of carbonyl (C=O) groups excluding carboxylic acids is 1. The summed E-state index contributed by atoms with van der Waals surface area (Å²) in [6, 6.07) is 13.2. The summed E-state index contributed by atoms with van der Waals surface area (Å²) in [6.07, 6.45) is 1.32. The number of nitrogens with zero attached hydrogens (tertiary/aromatic N) is 3. The Morgan fingerprint density at radius 2 is 1.82 bits per heavy atom. The van der Waals surface area contributed by atoms with Gasteiger partial charge in [0.05, 0.1) is 12.8 Å². The maximum Gasteiger partial charge on any atom is 0.254 e. The molecule has 0 radical (unpaired) electrons. The van der Waals surface area contributed by atoms with Gasteiger partial charge < -0.3 is 0 Å². The number of amides is 1. The molecule has 0 aliphatic carbocycles. The Morgan fingerprint density at radius 1 is 1.14 bits per heavy atom. The van der Waals surface area contributed by atoms with E-state index in [-0.39, 0.29) is 18.3 Å². The van der Waals surface area contributed by atoms with Crippen LogP contribution >= 0.6 is 15.9 Å². The molecule has 1 aliphatic heterocycles. The lowest BCUT2D eigenvalue weighted by atomic mass is 10.1. The second kappa shape index (κ2) is 9.91. The standard InChI is InChI=1S/C21H24BrFN4O/c1-16-2-4-17(5-3-16)14-26-8-10-27(11-9-26)15-21(28)25-24-13-18-12-19(22)6-7-20(18)23/h2-7,12-13H,8-11,14-15H2,1H3,(H,25,28). The average Bonchev–Trinajstić information content (AvgIpc) is 2.68. The molecule has 2 aromatic rings. The molecule has 148 valence electrons. The Labute approximate surface area is 173 Å². The number of hydrogen-bond acceptors (Lipinski definition) is 4. The molecule has 0 bridgehead atoms. The van der Waals surface area contributed by atoms with E-state index in [4.69, 9.17) is 0 Å². The first-order chi connectivity index (χ1) is 13.5. The number of hydrazone groups is 1. The number of piperazine rings is 1. The lowest BCUT2D eigenvalue weighted by Crippen LogP contribution is -2.48. The van der Waals surface area contributed by atoms with Gasteiger partial charge >= 0.3 is 0 Å². The van der Waals surface area contributed by atoms with E-state index in [1.54, 1.807) is 12.1 Å². The van der Waals surface area contributed by atoms with E-state index in [1.165, 1.54) is 23.4 Å². The first-order valence-corrected chi connectivity index (χ1v) is 10.1. The molecule has 1 saturated heterocycles. The van der Waals surface area contributed by atoms with E-state index < -0.39 is 0 Å². The fraction of sp³-hybridized carbons (Fsp3) is 0.333. The van der Waals surface area contributed by atoms with Crippen molar-refractivity contribution < 1.29 is 9.18 Å². The highest BCUT2D eigenvalue weighted by atomic mass is 79.9. The molecule has 1 fully saturated rings. The van der Waals surface area contributed by atoms with Gasteiger partial charge in [-0.2, -0.15) is 5.10 Å². The van der Waals surface area contributed by atoms with Crippen LogP contribution in [0.5, 0.6) is 0 Å². The van der Waals surface area contributed by atoms with E-state index in [9.17, 15) is 9.18 Å². The van der Waals surface area contributed by atoms with Crippen LogP contribution in [0.2, 0.25) is 0 Å². The minimum absolute atomic E-state index is 0.196. The summed E-state index contributed by atoms with van der Waals surface area (Å²) in [5.41, 5.74) is 5.37. The number of benzene rings is 2. The monoisotopic (exact) mass is 446 g/mol. The Kier molecular flexibility index (Phi) is 7.30. The van der Waals surface area contributed by atoms with Crippen LogP contribution in [0.4, 0.5) is 4.39 Å². The van der Waals surface area contributed by atoms with E-state index in [0.717, 1.165) is 37.2 Å². The van der Waals surface area contributed by atoms with Crippen molar-refractivity contribution in [3.8, 4) is 0 Å². The lowest BCUT2D eigenvalue weighted by Gasteiger charge is -2.34. The van der Waals surface area contributed by atoms with Gasteiger partial charge in [-0.15, -0.1) is 0 Å². The molecule has 0 saturated carbocycles. The van der Waals surface area contributed by atoms with Crippen LogP contribution in [0, 0.1) is 12.7 Å². The van der Waals surface area contributed by atoms with Crippen molar-refractivity contribution in [1.82, 2.24) is 15.2 Å². The van der Waals surface area contributed by atoms with Crippen molar-refractivity contribution in [1.29, 1.82) is 0 Å². The lowest BCUT2D eigenvalue weighted by molar-refractivity contribution is -0.122. The zero-order chi connectivity index (χ0) is 19.9. The van der Waals surface area contributed by atoms with Crippen LogP contribution < -0.4 is 5.43 Å². The summed E-state index contributed by atoms with van der Waals surface area (Å²) in [5, 5.41) is 3.86. The fourth-order valence-electron chi connectivity index (χ4n) is 3.08. The third-order valence-electron chi connectivity index (χ3n) is 4.71. The van der Waals surface area contributed by atoms with Crippen molar-refractivity contribution in [3.05, 3.63) is 69.4 Å². The summed E-state index contributed by atoms with van der Waals surface area (Å²) in [6.45, 7) is 6.83. The van der Waals surface area contributed by atoms with Crippen molar-refractivity contribution >= 4 is 28.1 Å². The SMILES string of the molecule is Cc1ccc(CN2CCN(CC(=O)NN=Cc3cc(Br)ccc3F)CC2)cc1. The van der Waals surface area contributed by atoms with E-state index in [2.05, 4.69) is 67.4 Å². The second-order valence-corrected chi connectivity index (χ2v) is 7.91. The highest BCUT2D eigenvalue weighted by Gasteiger charge is 2.18. The molecular formula is C21H24BrFN4O. The van der Waals surface area contributed by atoms with Crippen molar-refractivity contribution in [3.63, 3.8) is 0 Å². The first kappa shape index (κ1) is 20.6. The molecule has 0 aromatic heterocycles. The van der Waals surface area contributed by atoms with Gasteiger partial charge in [0.2, 0.25) is 0 Å². The zero-order valence-electron chi connectivity index (χ0n) is 15.9. The molecule has 1 aliphatic rings. The molecule has 2 aromatic carbocycles. The smallest absolute Gasteiger partial charge is 0.254 e. The molecule has 1 heterocycles. The molecule has 5 nitrogen and oxygen atoms in total. The largest absolute Gasteiger partial charge is 0.297 e. The molecule has 28 heavy (non-hydrogen) atoms. The molecule has 0 unspecified atom stereocenters. The topological polar surface area (TPSA) is 47.9 Å². The Hall–Kier alpha value is -2.09. The highest BCUT2D eigenvalue weighted by Crippen LogP contribution is 2.14. The zero-order valence-corrected chi connectivity index (χ0v) is 17.5. The fourth-order valence-corrected chi connectivity index (χ4v) is 3.46. The van der Waals surface area contributed by atoms with Crippen LogP contribution in [0.1, 0.15) is 16.7 Å². The van der Waals surface area contributed by atoms with Crippen molar-refractivity contribution in [2.75, 3.05) is 32.7 Å². The van der Waals surface area contributed by atoms with Crippen LogP contribution in [-0.2, 0) is 11.3 Å². The molecule has 3 rings (SSSR count). The Balaban J connectivity index is 1.40. The van der Waals surface area contributed by atoms with Gasteiger partial charge in [0.15, 0.2) is 0 Å². The Bertz CT molecular complexity index is 833.